The lowest BCUT2D eigenvalue weighted by Gasteiger charge is -2.61. The summed E-state index contributed by atoms with van der Waals surface area (Å²) < 4.78 is 17.2. The van der Waals surface area contributed by atoms with Crippen LogP contribution in [0.2, 0.25) is 0 Å². The Balaban J connectivity index is 1.53. The van der Waals surface area contributed by atoms with Crippen molar-refractivity contribution in [2.75, 3.05) is 0 Å². The van der Waals surface area contributed by atoms with Crippen molar-refractivity contribution in [2.24, 2.45) is 40.4 Å². The first kappa shape index (κ1) is 31.6. The van der Waals surface area contributed by atoms with Gasteiger partial charge in [-0.2, -0.15) is 0 Å². The number of esters is 3. The topological polar surface area (TPSA) is 78.9 Å². The molecule has 6 nitrogen and oxygen atoms in total. The summed E-state index contributed by atoms with van der Waals surface area (Å²) in [6.45, 7) is 15.7. The van der Waals surface area contributed by atoms with Crippen molar-refractivity contribution in [3.8, 4) is 0 Å². The zero-order valence-corrected chi connectivity index (χ0v) is 27.5. The summed E-state index contributed by atoms with van der Waals surface area (Å²) in [4.78, 5) is 35.8. The van der Waals surface area contributed by atoms with Gasteiger partial charge in [0.2, 0.25) is 0 Å². The van der Waals surface area contributed by atoms with Crippen LogP contribution in [0, 0.1) is 40.4 Å². The lowest BCUT2D eigenvalue weighted by molar-refractivity contribution is -0.172. The van der Waals surface area contributed by atoms with Crippen LogP contribution in [0.3, 0.4) is 0 Å². The molecule has 0 bridgehead atoms. The highest BCUT2D eigenvalue weighted by molar-refractivity contribution is 9.09. The third-order valence-electron chi connectivity index (χ3n) is 11.4. The van der Waals surface area contributed by atoms with E-state index in [1.54, 1.807) is 0 Å². The minimum Gasteiger partial charge on any atom is -0.462 e. The molecule has 40 heavy (non-hydrogen) atoms. The molecule has 4 aliphatic carbocycles. The van der Waals surface area contributed by atoms with Crippen LogP contribution in [0.5, 0.6) is 0 Å². The fourth-order valence-electron chi connectivity index (χ4n) is 9.77. The van der Waals surface area contributed by atoms with Crippen molar-refractivity contribution in [3.05, 3.63) is 11.6 Å². The van der Waals surface area contributed by atoms with E-state index in [0.29, 0.717) is 42.4 Å². The van der Waals surface area contributed by atoms with Crippen LogP contribution in [0.1, 0.15) is 113 Å². The van der Waals surface area contributed by atoms with E-state index in [2.05, 4.69) is 42.8 Å². The van der Waals surface area contributed by atoms with E-state index in [4.69, 9.17) is 14.2 Å². The maximum absolute atomic E-state index is 12.3. The van der Waals surface area contributed by atoms with Crippen LogP contribution >= 0.6 is 15.9 Å². The van der Waals surface area contributed by atoms with Gasteiger partial charge in [0.25, 0.3) is 0 Å². The first-order chi connectivity index (χ1) is 18.6. The number of halogens is 1. The third kappa shape index (κ3) is 6.06. The van der Waals surface area contributed by atoms with E-state index >= 15 is 0 Å². The van der Waals surface area contributed by atoms with Gasteiger partial charge in [-0.15, -0.1) is 0 Å². The Kier molecular flexibility index (Phi) is 9.25. The van der Waals surface area contributed by atoms with Gasteiger partial charge in [0, 0.05) is 43.9 Å². The number of carbonyl (C=O) groups excluding carboxylic acids is 3. The molecule has 0 radical (unpaired) electrons. The maximum Gasteiger partial charge on any atom is 0.303 e. The highest BCUT2D eigenvalue weighted by Crippen LogP contribution is 2.68. The first-order valence-corrected chi connectivity index (χ1v) is 16.4. The minimum absolute atomic E-state index is 0.209. The van der Waals surface area contributed by atoms with Crippen molar-refractivity contribution in [1.29, 1.82) is 0 Å². The Bertz CT molecular complexity index is 1020. The number of hydrogen-bond donors (Lipinski definition) is 0. The molecule has 7 heteroatoms. The van der Waals surface area contributed by atoms with Crippen LogP contribution in [0.4, 0.5) is 0 Å². The molecule has 0 aromatic heterocycles. The van der Waals surface area contributed by atoms with Crippen molar-refractivity contribution in [3.63, 3.8) is 0 Å². The second kappa shape index (κ2) is 11.7. The molecule has 0 aromatic rings. The molecule has 4 rings (SSSR count). The number of rotatable bonds is 8. The van der Waals surface area contributed by atoms with Gasteiger partial charge >= 0.3 is 17.9 Å². The predicted molar refractivity (Wildman–Crippen MR) is 159 cm³/mol. The van der Waals surface area contributed by atoms with Crippen molar-refractivity contribution in [2.45, 2.75) is 136 Å². The molecular formula is C33H51BrO6. The molecule has 10 atom stereocenters. The largest absolute Gasteiger partial charge is 0.462 e. The molecule has 3 fully saturated rings. The number of ether oxygens (including phenoxy) is 3. The Morgan fingerprint density at radius 2 is 1.70 bits per heavy atom. The SMILES string of the molecule is CC(=O)O[C@@H]1CC2=C[C@@H](Br)[C@H]3[C@@H]4CC[C@H]([C@H](C)CCCC(C)(C)OC(C)=O)[C@@]4(C)CC[C@@H]3[C@@]2(C)[C@@H](OC(C)=O)C1. The van der Waals surface area contributed by atoms with Gasteiger partial charge in [0.05, 0.1) is 0 Å². The van der Waals surface area contributed by atoms with E-state index in [0.717, 1.165) is 25.7 Å². The normalized spacial score (nSPS) is 39.6. The zero-order chi connectivity index (χ0) is 29.6. The average Bonchev–Trinajstić information content (AvgIpc) is 3.16. The molecule has 0 saturated heterocycles. The van der Waals surface area contributed by atoms with E-state index in [9.17, 15) is 14.4 Å². The van der Waals surface area contributed by atoms with Gasteiger partial charge in [0.1, 0.15) is 17.8 Å². The molecule has 0 N–H and O–H groups in total. The smallest absolute Gasteiger partial charge is 0.303 e. The highest BCUT2D eigenvalue weighted by atomic mass is 79.9. The number of carbonyl (C=O) groups is 3. The fraction of sp³-hybridized carbons (Fsp3) is 0.848. The summed E-state index contributed by atoms with van der Waals surface area (Å²) in [5, 5.41) is 0. The molecule has 0 amide bonds. The van der Waals surface area contributed by atoms with Gasteiger partial charge < -0.3 is 14.2 Å². The van der Waals surface area contributed by atoms with Crippen LogP contribution in [0.15, 0.2) is 11.6 Å². The molecule has 0 heterocycles. The Hall–Kier alpha value is -1.37. The van der Waals surface area contributed by atoms with Crippen LogP contribution in [0.25, 0.3) is 0 Å². The molecule has 0 spiro atoms. The summed E-state index contributed by atoms with van der Waals surface area (Å²) >= 11 is 4.13. The Morgan fingerprint density at radius 1 is 1.02 bits per heavy atom. The van der Waals surface area contributed by atoms with Crippen molar-refractivity contribution in [1.82, 2.24) is 0 Å². The summed E-state index contributed by atoms with van der Waals surface area (Å²) in [5.74, 6) is 2.04. The Labute approximate surface area is 249 Å². The van der Waals surface area contributed by atoms with Gasteiger partial charge in [-0.25, -0.2) is 0 Å². The molecule has 0 aliphatic heterocycles. The maximum atomic E-state index is 12.3. The summed E-state index contributed by atoms with van der Waals surface area (Å²) in [7, 11) is 0. The Morgan fingerprint density at radius 3 is 2.33 bits per heavy atom. The van der Waals surface area contributed by atoms with E-state index in [1.165, 1.54) is 45.6 Å². The van der Waals surface area contributed by atoms with Gasteiger partial charge in [-0.1, -0.05) is 54.8 Å². The standard InChI is InChI=1S/C33H51BrO6/c1-19(10-9-14-31(5,6)40-22(4)37)25-11-12-26-30-27(13-15-32(25,26)7)33(8)23(17-28(30)34)16-24(38-20(2)35)18-29(33)39-21(3)36/h17,19,24-30H,9-16,18H2,1-8H3/t19-,24-,25-,26+,27+,28-,29+,30+,32-,33+/m1/s1. The summed E-state index contributed by atoms with van der Waals surface area (Å²) in [6, 6.07) is 0. The zero-order valence-electron chi connectivity index (χ0n) is 25.9. The first-order valence-electron chi connectivity index (χ1n) is 15.5. The number of allylic oxidation sites excluding steroid dienone is 1. The second-order valence-corrected chi connectivity index (χ2v) is 15.5. The quantitative estimate of drug-likeness (QED) is 0.120. The molecule has 226 valence electrons. The van der Waals surface area contributed by atoms with E-state index in [-0.39, 0.29) is 45.8 Å². The highest BCUT2D eigenvalue weighted by Gasteiger charge is 2.63. The number of alkyl halides is 1. The van der Waals surface area contributed by atoms with Crippen LogP contribution < -0.4 is 0 Å². The molecule has 4 aliphatic rings. The van der Waals surface area contributed by atoms with Crippen LogP contribution in [-0.4, -0.2) is 40.5 Å². The van der Waals surface area contributed by atoms with E-state index < -0.39 is 5.60 Å². The second-order valence-electron chi connectivity index (χ2n) is 14.4. The number of fused-ring (bicyclic) bond motifs is 5. The van der Waals surface area contributed by atoms with Crippen molar-refractivity contribution < 1.29 is 28.6 Å². The molecular weight excluding hydrogens is 572 g/mol. The van der Waals surface area contributed by atoms with Crippen LogP contribution in [-0.2, 0) is 28.6 Å². The molecule has 0 aromatic carbocycles. The molecule has 3 saturated carbocycles. The van der Waals surface area contributed by atoms with Gasteiger partial charge in [-0.3, -0.25) is 14.4 Å². The number of hydrogen-bond acceptors (Lipinski definition) is 6. The summed E-state index contributed by atoms with van der Waals surface area (Å²) in [5.41, 5.74) is 0.904. The molecule has 0 unspecified atom stereocenters. The average molecular weight is 624 g/mol. The lowest BCUT2D eigenvalue weighted by atomic mass is 9.46. The van der Waals surface area contributed by atoms with Gasteiger partial charge in [0.15, 0.2) is 0 Å². The van der Waals surface area contributed by atoms with Gasteiger partial charge in [-0.05, 0) is 87.4 Å². The van der Waals surface area contributed by atoms with Crippen molar-refractivity contribution >= 4 is 33.8 Å². The predicted octanol–water partition coefficient (Wildman–Crippen LogP) is 7.56. The van der Waals surface area contributed by atoms with E-state index in [1.807, 2.05) is 13.8 Å². The lowest BCUT2D eigenvalue weighted by Crippen LogP contribution is -2.59. The minimum atomic E-state index is -0.413. The monoisotopic (exact) mass is 622 g/mol. The summed E-state index contributed by atoms with van der Waals surface area (Å²) in [6.07, 6.45) is 11.0. The fourth-order valence-corrected chi connectivity index (χ4v) is 10.8. The third-order valence-corrected chi connectivity index (χ3v) is 12.3.